The molecular formula is C21H17NO3S. The quantitative estimate of drug-likeness (QED) is 0.549. The molecule has 0 amide bonds. The van der Waals surface area contributed by atoms with Gasteiger partial charge in [-0.15, -0.1) is 0 Å². The highest BCUT2D eigenvalue weighted by Crippen LogP contribution is 2.31. The van der Waals surface area contributed by atoms with Gasteiger partial charge in [-0.2, -0.15) is 0 Å². The molecule has 0 fully saturated rings. The third-order valence-corrected chi connectivity index (χ3v) is 6.11. The molecule has 0 unspecified atom stereocenters. The van der Waals surface area contributed by atoms with Crippen molar-refractivity contribution < 1.29 is 13.5 Å². The van der Waals surface area contributed by atoms with Crippen LogP contribution in [0.25, 0.3) is 21.7 Å². The van der Waals surface area contributed by atoms with E-state index in [9.17, 15) is 13.5 Å². The summed E-state index contributed by atoms with van der Waals surface area (Å²) in [6.45, 7) is 1.91. The Labute approximate surface area is 151 Å². The molecule has 0 aliphatic rings. The molecule has 3 aromatic carbocycles. The van der Waals surface area contributed by atoms with E-state index in [0.717, 1.165) is 21.9 Å². The number of phenols is 1. The van der Waals surface area contributed by atoms with E-state index in [0.29, 0.717) is 11.1 Å². The molecule has 1 heterocycles. The maximum Gasteiger partial charge on any atom is 0.184 e. The van der Waals surface area contributed by atoms with Crippen LogP contribution in [0.2, 0.25) is 0 Å². The lowest BCUT2D eigenvalue weighted by molar-refractivity contribution is 0.476. The highest BCUT2D eigenvalue weighted by atomic mass is 32.2. The van der Waals surface area contributed by atoms with Crippen molar-refractivity contribution in [3.63, 3.8) is 0 Å². The van der Waals surface area contributed by atoms with Gasteiger partial charge in [0.15, 0.2) is 9.84 Å². The Morgan fingerprint density at radius 1 is 0.885 bits per heavy atom. The van der Waals surface area contributed by atoms with Crippen molar-refractivity contribution in [3.05, 3.63) is 78.0 Å². The van der Waals surface area contributed by atoms with E-state index in [1.165, 1.54) is 0 Å². The minimum Gasteiger partial charge on any atom is -0.508 e. The zero-order valence-electron chi connectivity index (χ0n) is 14.2. The minimum absolute atomic E-state index is 0.0866. The molecule has 130 valence electrons. The van der Waals surface area contributed by atoms with E-state index in [4.69, 9.17) is 0 Å². The van der Waals surface area contributed by atoms with E-state index in [1.807, 2.05) is 31.2 Å². The summed E-state index contributed by atoms with van der Waals surface area (Å²) in [6.07, 6.45) is 0. The summed E-state index contributed by atoms with van der Waals surface area (Å²) in [6, 6.07) is 19.4. The fraction of sp³-hybridized carbons (Fsp3) is 0.0952. The second kappa shape index (κ2) is 6.11. The number of nitrogens with zero attached hydrogens (tertiary/aromatic N) is 1. The number of benzene rings is 3. The Balaban J connectivity index is 1.92. The van der Waals surface area contributed by atoms with Crippen LogP contribution in [0.5, 0.6) is 5.75 Å². The van der Waals surface area contributed by atoms with Gasteiger partial charge in [0.25, 0.3) is 0 Å². The number of aromatic hydroxyl groups is 1. The molecule has 4 rings (SSSR count). The number of sulfone groups is 1. The summed E-state index contributed by atoms with van der Waals surface area (Å²) in [4.78, 5) is 4.85. The number of fused-ring (bicyclic) bond motifs is 3. The van der Waals surface area contributed by atoms with Gasteiger partial charge >= 0.3 is 0 Å². The maximum atomic E-state index is 12.9. The molecule has 0 saturated carbocycles. The number of hydrogen-bond donors (Lipinski definition) is 1. The average Bonchev–Trinajstić information content (AvgIpc) is 2.62. The Morgan fingerprint density at radius 3 is 2.38 bits per heavy atom. The van der Waals surface area contributed by atoms with Crippen molar-refractivity contribution in [1.29, 1.82) is 0 Å². The van der Waals surface area contributed by atoms with Crippen LogP contribution in [0.3, 0.4) is 0 Å². The Morgan fingerprint density at radius 2 is 1.62 bits per heavy atom. The summed E-state index contributed by atoms with van der Waals surface area (Å²) in [5, 5.41) is 12.4. The molecule has 5 heteroatoms. The van der Waals surface area contributed by atoms with Crippen LogP contribution in [0.15, 0.2) is 71.6 Å². The van der Waals surface area contributed by atoms with E-state index in [-0.39, 0.29) is 16.4 Å². The summed E-state index contributed by atoms with van der Waals surface area (Å²) >= 11 is 0. The summed E-state index contributed by atoms with van der Waals surface area (Å²) in [7, 11) is -3.55. The highest BCUT2D eigenvalue weighted by molar-refractivity contribution is 7.90. The van der Waals surface area contributed by atoms with E-state index >= 15 is 0 Å². The predicted molar refractivity (Wildman–Crippen MR) is 103 cm³/mol. The number of para-hydroxylation sites is 1. The Hall–Kier alpha value is -2.92. The van der Waals surface area contributed by atoms with Gasteiger partial charge in [0.2, 0.25) is 0 Å². The Bertz CT molecular complexity index is 1230. The second-order valence-corrected chi connectivity index (χ2v) is 8.37. The van der Waals surface area contributed by atoms with Gasteiger partial charge in [-0.3, -0.25) is 4.98 Å². The number of aryl methyl sites for hydroxylation is 1. The van der Waals surface area contributed by atoms with Crippen molar-refractivity contribution in [1.82, 2.24) is 4.98 Å². The van der Waals surface area contributed by atoms with Gasteiger partial charge in [0.05, 0.1) is 21.9 Å². The van der Waals surface area contributed by atoms with E-state index < -0.39 is 9.84 Å². The van der Waals surface area contributed by atoms with Crippen LogP contribution < -0.4 is 0 Å². The van der Waals surface area contributed by atoms with Crippen LogP contribution >= 0.6 is 0 Å². The lowest BCUT2D eigenvalue weighted by Crippen LogP contribution is -2.07. The fourth-order valence-corrected chi connectivity index (χ4v) is 4.43. The maximum absolute atomic E-state index is 12.9. The number of hydrogen-bond acceptors (Lipinski definition) is 4. The molecule has 4 nitrogen and oxygen atoms in total. The van der Waals surface area contributed by atoms with Crippen LogP contribution in [-0.2, 0) is 15.6 Å². The molecule has 0 bridgehead atoms. The van der Waals surface area contributed by atoms with Crippen molar-refractivity contribution in [2.75, 3.05) is 0 Å². The molecule has 1 aromatic heterocycles. The zero-order chi connectivity index (χ0) is 18.3. The fourth-order valence-electron chi connectivity index (χ4n) is 3.13. The third kappa shape index (κ3) is 2.91. The molecule has 0 aliphatic carbocycles. The highest BCUT2D eigenvalue weighted by Gasteiger charge is 2.19. The molecular weight excluding hydrogens is 346 g/mol. The number of rotatable bonds is 3. The monoisotopic (exact) mass is 363 g/mol. The smallest absolute Gasteiger partial charge is 0.184 e. The van der Waals surface area contributed by atoms with Gasteiger partial charge in [-0.25, -0.2) is 8.42 Å². The second-order valence-electron chi connectivity index (χ2n) is 6.38. The lowest BCUT2D eigenvalue weighted by Gasteiger charge is -2.11. The first kappa shape index (κ1) is 16.5. The predicted octanol–water partition coefficient (Wildman–Crippen LogP) is 4.38. The number of phenolic OH excluding ortho intramolecular Hbond substituents is 1. The molecule has 0 atom stereocenters. The SMILES string of the molecule is Cc1ccc(S(=O)(=O)Cc2nc3ccccc3c3ccc(O)cc23)cc1. The molecule has 0 radical (unpaired) electrons. The number of pyridine rings is 1. The molecule has 0 aliphatic heterocycles. The van der Waals surface area contributed by atoms with Crippen molar-refractivity contribution >= 4 is 31.5 Å². The van der Waals surface area contributed by atoms with Gasteiger partial charge < -0.3 is 5.11 Å². The van der Waals surface area contributed by atoms with Crippen molar-refractivity contribution in [3.8, 4) is 5.75 Å². The van der Waals surface area contributed by atoms with Crippen molar-refractivity contribution in [2.45, 2.75) is 17.6 Å². The first-order valence-electron chi connectivity index (χ1n) is 8.24. The van der Waals surface area contributed by atoms with Crippen LogP contribution in [-0.4, -0.2) is 18.5 Å². The first-order valence-corrected chi connectivity index (χ1v) is 9.89. The van der Waals surface area contributed by atoms with Crippen molar-refractivity contribution in [2.24, 2.45) is 0 Å². The van der Waals surface area contributed by atoms with Crippen LogP contribution in [0.1, 0.15) is 11.3 Å². The summed E-state index contributed by atoms with van der Waals surface area (Å²) in [5.41, 5.74) is 2.18. The molecule has 4 aromatic rings. The standard InChI is InChI=1S/C21H17NO3S/c1-14-6-9-16(10-7-14)26(24,25)13-21-19-12-15(23)8-11-17(19)18-4-2-3-5-20(18)22-21/h2-12,23H,13H2,1H3. The lowest BCUT2D eigenvalue weighted by atomic mass is 10.0. The van der Waals surface area contributed by atoms with E-state index in [2.05, 4.69) is 4.98 Å². The van der Waals surface area contributed by atoms with Crippen LogP contribution in [0.4, 0.5) is 0 Å². The minimum atomic E-state index is -3.55. The molecule has 26 heavy (non-hydrogen) atoms. The number of aromatic nitrogens is 1. The Kier molecular flexibility index (Phi) is 3.89. The molecule has 0 saturated heterocycles. The molecule has 0 spiro atoms. The summed E-state index contributed by atoms with van der Waals surface area (Å²) in [5.74, 6) is -0.135. The average molecular weight is 363 g/mol. The first-order chi connectivity index (χ1) is 12.4. The van der Waals surface area contributed by atoms with Gasteiger partial charge in [0.1, 0.15) is 5.75 Å². The third-order valence-electron chi connectivity index (χ3n) is 4.47. The van der Waals surface area contributed by atoms with E-state index in [1.54, 1.807) is 42.5 Å². The van der Waals surface area contributed by atoms with Gasteiger partial charge in [0, 0.05) is 10.8 Å². The molecule has 1 N–H and O–H groups in total. The van der Waals surface area contributed by atoms with Gasteiger partial charge in [-0.1, -0.05) is 35.9 Å². The summed E-state index contributed by atoms with van der Waals surface area (Å²) < 4.78 is 25.8. The zero-order valence-corrected chi connectivity index (χ0v) is 15.0. The topological polar surface area (TPSA) is 67.3 Å². The van der Waals surface area contributed by atoms with Crippen LogP contribution in [0, 0.1) is 6.92 Å². The largest absolute Gasteiger partial charge is 0.508 e. The van der Waals surface area contributed by atoms with Gasteiger partial charge in [-0.05, 0) is 48.7 Å². The normalized spacial score (nSPS) is 11.9.